The molecule has 0 spiro atoms. The first-order chi connectivity index (χ1) is 13.9. The molecule has 2 aromatic rings. The Balaban J connectivity index is 1.75. The number of benzene rings is 2. The third-order valence-corrected chi connectivity index (χ3v) is 4.75. The molecular weight excluding hydrogens is 394 g/mol. The minimum absolute atomic E-state index is 0.0602. The molecule has 2 amide bonds. The average molecular weight is 413 g/mol. The Morgan fingerprint density at radius 1 is 1.14 bits per heavy atom. The molecule has 1 saturated heterocycles. The molecule has 3 rings (SSSR count). The van der Waals surface area contributed by atoms with Crippen LogP contribution in [0.25, 0.3) is 0 Å². The van der Waals surface area contributed by atoms with Crippen LogP contribution >= 0.6 is 12.2 Å². The lowest BCUT2D eigenvalue weighted by Crippen LogP contribution is -2.34. The molecule has 1 fully saturated rings. The van der Waals surface area contributed by atoms with Gasteiger partial charge in [-0.2, -0.15) is 0 Å². The number of thiocarbonyl (C=S) groups is 1. The van der Waals surface area contributed by atoms with Gasteiger partial charge in [0.2, 0.25) is 0 Å². The zero-order chi connectivity index (χ0) is 21.0. The number of nitrogens with zero attached hydrogens (tertiary/aromatic N) is 2. The molecule has 4 N–H and O–H groups in total. The van der Waals surface area contributed by atoms with E-state index in [0.29, 0.717) is 11.4 Å². The Labute approximate surface area is 172 Å². The molecule has 150 valence electrons. The average Bonchev–Trinajstić information content (AvgIpc) is 3.22. The van der Waals surface area contributed by atoms with E-state index in [1.807, 2.05) is 4.90 Å². The lowest BCUT2D eigenvalue weighted by molar-refractivity contribution is -0.384. The summed E-state index contributed by atoms with van der Waals surface area (Å²) in [4.78, 5) is 36.9. The maximum Gasteiger partial charge on any atom is 0.293 e. The number of nitro groups is 1. The zero-order valence-electron chi connectivity index (χ0n) is 15.4. The van der Waals surface area contributed by atoms with Crippen LogP contribution in [0.5, 0.6) is 0 Å². The van der Waals surface area contributed by atoms with Gasteiger partial charge >= 0.3 is 0 Å². The predicted octanol–water partition coefficient (Wildman–Crippen LogP) is 2.42. The molecule has 1 aliphatic rings. The zero-order valence-corrected chi connectivity index (χ0v) is 16.2. The fraction of sp³-hybridized carbons (Fsp3) is 0.211. The molecule has 0 bridgehead atoms. The van der Waals surface area contributed by atoms with Crippen LogP contribution in [0.2, 0.25) is 0 Å². The first kappa shape index (κ1) is 20.2. The van der Waals surface area contributed by atoms with E-state index in [-0.39, 0.29) is 21.9 Å². The number of rotatable bonds is 5. The largest absolute Gasteiger partial charge is 0.366 e. The second-order valence-corrected chi connectivity index (χ2v) is 6.88. The number of amides is 2. The van der Waals surface area contributed by atoms with Crippen molar-refractivity contribution in [2.24, 2.45) is 5.73 Å². The van der Waals surface area contributed by atoms with Crippen LogP contribution in [-0.2, 0) is 0 Å². The first-order valence-electron chi connectivity index (χ1n) is 8.91. The third kappa shape index (κ3) is 4.66. The lowest BCUT2D eigenvalue weighted by atomic mass is 10.1. The number of carbonyl (C=O) groups is 2. The summed E-state index contributed by atoms with van der Waals surface area (Å²) in [5.41, 5.74) is 6.36. The van der Waals surface area contributed by atoms with Crippen LogP contribution in [0, 0.1) is 10.1 Å². The second kappa shape index (κ2) is 8.65. The van der Waals surface area contributed by atoms with E-state index in [9.17, 15) is 19.7 Å². The van der Waals surface area contributed by atoms with Crippen molar-refractivity contribution in [3.05, 3.63) is 63.7 Å². The summed E-state index contributed by atoms with van der Waals surface area (Å²) in [7, 11) is 0. The summed E-state index contributed by atoms with van der Waals surface area (Å²) < 4.78 is 0. The van der Waals surface area contributed by atoms with Gasteiger partial charge < -0.3 is 16.0 Å². The first-order valence-corrected chi connectivity index (χ1v) is 9.32. The summed E-state index contributed by atoms with van der Waals surface area (Å²) in [6, 6.07) is 10.8. The molecule has 0 aliphatic carbocycles. The van der Waals surface area contributed by atoms with Crippen molar-refractivity contribution in [3.63, 3.8) is 0 Å². The van der Waals surface area contributed by atoms with Gasteiger partial charge in [0.25, 0.3) is 17.5 Å². The Bertz CT molecular complexity index is 988. The number of hydrogen-bond donors (Lipinski definition) is 3. The van der Waals surface area contributed by atoms with Crippen LogP contribution < -0.4 is 21.3 Å². The predicted molar refractivity (Wildman–Crippen MR) is 113 cm³/mol. The number of carbonyl (C=O) groups excluding carboxylic acids is 2. The number of nitro benzene ring substituents is 1. The highest BCUT2D eigenvalue weighted by molar-refractivity contribution is 7.80. The van der Waals surface area contributed by atoms with E-state index >= 15 is 0 Å². The van der Waals surface area contributed by atoms with Gasteiger partial charge in [-0.05, 0) is 49.3 Å². The Morgan fingerprint density at radius 2 is 1.83 bits per heavy atom. The van der Waals surface area contributed by atoms with Gasteiger partial charge in [0.15, 0.2) is 5.11 Å². The summed E-state index contributed by atoms with van der Waals surface area (Å²) in [5, 5.41) is 16.6. The molecular formula is C19H19N5O4S. The minimum Gasteiger partial charge on any atom is -0.366 e. The van der Waals surface area contributed by atoms with Crippen molar-refractivity contribution in [3.8, 4) is 0 Å². The molecule has 0 radical (unpaired) electrons. The highest BCUT2D eigenvalue weighted by Crippen LogP contribution is 2.31. The van der Waals surface area contributed by atoms with Crippen molar-refractivity contribution in [2.75, 3.05) is 23.3 Å². The molecule has 1 heterocycles. The van der Waals surface area contributed by atoms with Gasteiger partial charge in [-0.1, -0.05) is 12.1 Å². The van der Waals surface area contributed by atoms with E-state index in [4.69, 9.17) is 18.0 Å². The number of hydrogen-bond acceptors (Lipinski definition) is 6. The van der Waals surface area contributed by atoms with Crippen molar-refractivity contribution in [1.82, 2.24) is 5.32 Å². The van der Waals surface area contributed by atoms with Crippen LogP contribution in [0.1, 0.15) is 33.6 Å². The highest BCUT2D eigenvalue weighted by Gasteiger charge is 2.24. The van der Waals surface area contributed by atoms with Crippen LogP contribution in [-0.4, -0.2) is 34.9 Å². The maximum atomic E-state index is 12.5. The molecule has 0 atom stereocenters. The van der Waals surface area contributed by atoms with Crippen molar-refractivity contribution in [1.29, 1.82) is 0 Å². The molecule has 0 saturated carbocycles. The van der Waals surface area contributed by atoms with E-state index in [2.05, 4.69) is 10.6 Å². The number of primary amides is 1. The van der Waals surface area contributed by atoms with Gasteiger partial charge in [-0.25, -0.2) is 0 Å². The number of para-hydroxylation sites is 1. The van der Waals surface area contributed by atoms with Crippen molar-refractivity contribution in [2.45, 2.75) is 12.8 Å². The summed E-state index contributed by atoms with van der Waals surface area (Å²) in [6.45, 7) is 1.50. The Morgan fingerprint density at radius 3 is 2.48 bits per heavy atom. The molecule has 29 heavy (non-hydrogen) atoms. The Hall–Kier alpha value is -3.53. The number of nitrogens with two attached hydrogens (primary N) is 1. The topological polar surface area (TPSA) is 131 Å². The van der Waals surface area contributed by atoms with Gasteiger partial charge in [-0.3, -0.25) is 25.0 Å². The minimum atomic E-state index is -0.643. The van der Waals surface area contributed by atoms with Gasteiger partial charge in [0.1, 0.15) is 5.69 Å². The molecule has 1 aliphatic heterocycles. The molecule has 2 aromatic carbocycles. The smallest absolute Gasteiger partial charge is 0.293 e. The highest BCUT2D eigenvalue weighted by atomic mass is 32.1. The molecule has 9 nitrogen and oxygen atoms in total. The SMILES string of the molecule is NC(=O)c1ccccc1NC(=S)NC(=O)c1ccc(N2CCCC2)c([N+](=O)[O-])c1. The van der Waals surface area contributed by atoms with Gasteiger partial charge in [-0.15, -0.1) is 0 Å². The van der Waals surface area contributed by atoms with Crippen LogP contribution in [0.4, 0.5) is 17.1 Å². The van der Waals surface area contributed by atoms with Gasteiger partial charge in [0, 0.05) is 24.7 Å². The number of nitrogens with one attached hydrogen (secondary N) is 2. The normalized spacial score (nSPS) is 13.0. The van der Waals surface area contributed by atoms with E-state index in [1.54, 1.807) is 24.3 Å². The molecule has 10 heteroatoms. The number of anilines is 2. The summed E-state index contributed by atoms with van der Waals surface area (Å²) in [6.07, 6.45) is 1.96. The van der Waals surface area contributed by atoms with Crippen molar-refractivity contribution < 1.29 is 14.5 Å². The van der Waals surface area contributed by atoms with Crippen LogP contribution in [0.3, 0.4) is 0 Å². The summed E-state index contributed by atoms with van der Waals surface area (Å²) in [5.74, 6) is -1.24. The van der Waals surface area contributed by atoms with Crippen molar-refractivity contribution >= 4 is 46.2 Å². The van der Waals surface area contributed by atoms with Crippen LogP contribution in [0.15, 0.2) is 42.5 Å². The second-order valence-electron chi connectivity index (χ2n) is 6.47. The standard InChI is InChI=1S/C19H19N5O4S/c20-17(25)13-5-1-2-6-14(13)21-19(29)22-18(26)12-7-8-15(16(11-12)24(27)28)23-9-3-4-10-23/h1-2,5-8,11H,3-4,9-10H2,(H2,20,25)(H2,21,22,26,29). The lowest BCUT2D eigenvalue weighted by Gasteiger charge is -2.18. The monoisotopic (exact) mass is 413 g/mol. The fourth-order valence-electron chi connectivity index (χ4n) is 3.17. The molecule has 0 unspecified atom stereocenters. The summed E-state index contributed by atoms with van der Waals surface area (Å²) >= 11 is 5.12. The van der Waals surface area contributed by atoms with E-state index < -0.39 is 16.7 Å². The third-order valence-electron chi connectivity index (χ3n) is 4.55. The van der Waals surface area contributed by atoms with E-state index in [0.717, 1.165) is 25.9 Å². The quantitative estimate of drug-likeness (QED) is 0.390. The Kier molecular flexibility index (Phi) is 6.03. The fourth-order valence-corrected chi connectivity index (χ4v) is 3.37. The van der Waals surface area contributed by atoms with Gasteiger partial charge in [0.05, 0.1) is 16.2 Å². The maximum absolute atomic E-state index is 12.5. The van der Waals surface area contributed by atoms with E-state index in [1.165, 1.54) is 18.2 Å². The molecule has 0 aromatic heterocycles.